The molecule has 2 aromatic heterocycles. The Bertz CT molecular complexity index is 693. The summed E-state index contributed by atoms with van der Waals surface area (Å²) < 4.78 is 5.22. The van der Waals surface area contributed by atoms with E-state index in [-0.39, 0.29) is 11.9 Å². The van der Waals surface area contributed by atoms with Gasteiger partial charge < -0.3 is 10.3 Å². The first-order chi connectivity index (χ1) is 10.7. The van der Waals surface area contributed by atoms with E-state index in [0.29, 0.717) is 11.8 Å². The standard InChI is InChI=1S/C14H17N5O2S/c15-11(20)12-17-13(21-18-12)10-2-1-5-19(10)7-9-6-16-14(22-9)8-3-4-8/h6,8,10H,1-5,7H2,(H2,15,20)/t10-/m1/s1. The average Bonchev–Trinajstić information content (AvgIpc) is 2.95. The van der Waals surface area contributed by atoms with E-state index < -0.39 is 5.91 Å². The minimum atomic E-state index is -0.656. The first kappa shape index (κ1) is 13.8. The molecule has 0 radical (unpaired) electrons. The molecule has 3 heterocycles. The molecule has 2 N–H and O–H groups in total. The molecule has 1 amide bonds. The van der Waals surface area contributed by atoms with Gasteiger partial charge >= 0.3 is 0 Å². The summed E-state index contributed by atoms with van der Waals surface area (Å²) in [7, 11) is 0. The third-order valence-electron chi connectivity index (χ3n) is 4.17. The number of rotatable bonds is 5. The van der Waals surface area contributed by atoms with Crippen molar-refractivity contribution < 1.29 is 9.32 Å². The summed E-state index contributed by atoms with van der Waals surface area (Å²) in [5.74, 6) is 0.479. The monoisotopic (exact) mass is 319 g/mol. The predicted molar refractivity (Wildman–Crippen MR) is 79.3 cm³/mol. The Kier molecular flexibility index (Phi) is 3.42. The van der Waals surface area contributed by atoms with Crippen LogP contribution in [0.4, 0.5) is 0 Å². The highest BCUT2D eigenvalue weighted by Gasteiger charge is 2.32. The van der Waals surface area contributed by atoms with Gasteiger partial charge in [-0.1, -0.05) is 5.16 Å². The Labute approximate surface area is 131 Å². The second kappa shape index (κ2) is 5.44. The molecule has 116 valence electrons. The second-order valence-corrected chi connectivity index (χ2v) is 7.03. The molecule has 0 aromatic carbocycles. The summed E-state index contributed by atoms with van der Waals surface area (Å²) in [6.07, 6.45) is 6.56. The zero-order chi connectivity index (χ0) is 15.1. The van der Waals surface area contributed by atoms with Crippen molar-refractivity contribution in [3.05, 3.63) is 27.8 Å². The third kappa shape index (κ3) is 2.64. The molecule has 4 rings (SSSR count). The van der Waals surface area contributed by atoms with Gasteiger partial charge in [-0.2, -0.15) is 4.98 Å². The molecule has 8 heteroatoms. The number of carbonyl (C=O) groups excluding carboxylic acids is 1. The Morgan fingerprint density at radius 2 is 2.32 bits per heavy atom. The molecule has 1 atom stereocenters. The molecule has 1 saturated heterocycles. The van der Waals surface area contributed by atoms with E-state index in [1.165, 1.54) is 22.7 Å². The second-order valence-electron chi connectivity index (χ2n) is 5.89. The van der Waals surface area contributed by atoms with E-state index in [1.54, 1.807) is 11.3 Å². The SMILES string of the molecule is NC(=O)c1noc([C@H]2CCCN2Cc2cnc(C3CC3)s2)n1. The lowest BCUT2D eigenvalue weighted by molar-refractivity contribution is 0.0987. The van der Waals surface area contributed by atoms with E-state index in [9.17, 15) is 4.79 Å². The fourth-order valence-electron chi connectivity index (χ4n) is 2.88. The fraction of sp³-hybridized carbons (Fsp3) is 0.571. The topological polar surface area (TPSA) is 98.1 Å². The Morgan fingerprint density at radius 1 is 1.45 bits per heavy atom. The van der Waals surface area contributed by atoms with E-state index in [2.05, 4.69) is 20.0 Å². The van der Waals surface area contributed by atoms with Crippen molar-refractivity contribution in [2.24, 2.45) is 5.73 Å². The van der Waals surface area contributed by atoms with E-state index in [1.807, 2.05) is 6.20 Å². The van der Waals surface area contributed by atoms with Gasteiger partial charge in [-0.3, -0.25) is 9.69 Å². The minimum Gasteiger partial charge on any atom is -0.363 e. The van der Waals surface area contributed by atoms with Gasteiger partial charge in [-0.05, 0) is 32.2 Å². The van der Waals surface area contributed by atoms with Crippen LogP contribution in [0, 0.1) is 0 Å². The maximum Gasteiger partial charge on any atom is 0.290 e. The highest BCUT2D eigenvalue weighted by atomic mass is 32.1. The van der Waals surface area contributed by atoms with Crippen molar-refractivity contribution in [2.75, 3.05) is 6.54 Å². The zero-order valence-electron chi connectivity index (χ0n) is 12.1. The van der Waals surface area contributed by atoms with Gasteiger partial charge in [0, 0.05) is 23.5 Å². The molecule has 22 heavy (non-hydrogen) atoms. The molecule has 1 aliphatic heterocycles. The van der Waals surface area contributed by atoms with Crippen LogP contribution in [0.3, 0.4) is 0 Å². The summed E-state index contributed by atoms with van der Waals surface area (Å²) >= 11 is 1.80. The Morgan fingerprint density at radius 3 is 3.05 bits per heavy atom. The largest absolute Gasteiger partial charge is 0.363 e. The maximum atomic E-state index is 11.1. The lowest BCUT2D eigenvalue weighted by Crippen LogP contribution is -2.22. The van der Waals surface area contributed by atoms with Crippen LogP contribution in [-0.2, 0) is 6.54 Å². The molecule has 2 aromatic rings. The molecule has 1 saturated carbocycles. The van der Waals surface area contributed by atoms with Crippen molar-refractivity contribution >= 4 is 17.2 Å². The van der Waals surface area contributed by atoms with Crippen LogP contribution >= 0.6 is 11.3 Å². The van der Waals surface area contributed by atoms with Crippen molar-refractivity contribution in [3.63, 3.8) is 0 Å². The molecule has 7 nitrogen and oxygen atoms in total. The molecule has 0 spiro atoms. The summed E-state index contributed by atoms with van der Waals surface area (Å²) in [6.45, 7) is 1.82. The normalized spacial score (nSPS) is 22.3. The summed E-state index contributed by atoms with van der Waals surface area (Å²) in [6, 6.07) is 0.0621. The van der Waals surface area contributed by atoms with Crippen LogP contribution < -0.4 is 5.73 Å². The van der Waals surface area contributed by atoms with Crippen LogP contribution in [0.2, 0.25) is 0 Å². The van der Waals surface area contributed by atoms with E-state index in [0.717, 1.165) is 25.9 Å². The van der Waals surface area contributed by atoms with Gasteiger partial charge in [-0.15, -0.1) is 11.3 Å². The number of hydrogen-bond donors (Lipinski definition) is 1. The van der Waals surface area contributed by atoms with Crippen LogP contribution in [0.25, 0.3) is 0 Å². The zero-order valence-corrected chi connectivity index (χ0v) is 12.9. The number of likely N-dealkylation sites (tertiary alicyclic amines) is 1. The number of nitrogens with zero attached hydrogens (tertiary/aromatic N) is 4. The van der Waals surface area contributed by atoms with Crippen LogP contribution in [0.15, 0.2) is 10.7 Å². The highest BCUT2D eigenvalue weighted by Crippen LogP contribution is 2.42. The number of primary amides is 1. The van der Waals surface area contributed by atoms with Crippen molar-refractivity contribution in [1.82, 2.24) is 20.0 Å². The molecule has 1 aliphatic carbocycles. The number of aromatic nitrogens is 3. The highest BCUT2D eigenvalue weighted by molar-refractivity contribution is 7.11. The van der Waals surface area contributed by atoms with Gasteiger partial charge in [0.05, 0.1) is 11.0 Å². The van der Waals surface area contributed by atoms with Gasteiger partial charge in [0.2, 0.25) is 5.89 Å². The first-order valence-electron chi connectivity index (χ1n) is 7.53. The molecule has 0 unspecified atom stereocenters. The third-order valence-corrected chi connectivity index (χ3v) is 5.31. The molecular formula is C14H17N5O2S. The van der Waals surface area contributed by atoms with E-state index >= 15 is 0 Å². The number of carbonyl (C=O) groups is 1. The molecule has 2 fully saturated rings. The number of nitrogens with two attached hydrogens (primary N) is 1. The van der Waals surface area contributed by atoms with Gasteiger partial charge in [0.15, 0.2) is 0 Å². The Balaban J connectivity index is 1.48. The first-order valence-corrected chi connectivity index (χ1v) is 8.34. The molecular weight excluding hydrogens is 302 g/mol. The summed E-state index contributed by atoms with van der Waals surface area (Å²) in [5, 5.41) is 4.90. The quantitative estimate of drug-likeness (QED) is 0.903. The number of hydrogen-bond acceptors (Lipinski definition) is 7. The predicted octanol–water partition coefficient (Wildman–Crippen LogP) is 1.84. The average molecular weight is 319 g/mol. The van der Waals surface area contributed by atoms with Gasteiger partial charge in [0.1, 0.15) is 0 Å². The van der Waals surface area contributed by atoms with Gasteiger partial charge in [-0.25, -0.2) is 4.98 Å². The van der Waals surface area contributed by atoms with Crippen LogP contribution in [-0.4, -0.2) is 32.5 Å². The number of thiazole rings is 1. The van der Waals surface area contributed by atoms with E-state index in [4.69, 9.17) is 10.3 Å². The van der Waals surface area contributed by atoms with Crippen molar-refractivity contribution in [2.45, 2.75) is 44.2 Å². The lowest BCUT2D eigenvalue weighted by atomic mass is 10.2. The molecule has 2 aliphatic rings. The lowest BCUT2D eigenvalue weighted by Gasteiger charge is -2.20. The Hall–Kier alpha value is -1.80. The maximum absolute atomic E-state index is 11.1. The smallest absolute Gasteiger partial charge is 0.290 e. The van der Waals surface area contributed by atoms with Crippen LogP contribution in [0.5, 0.6) is 0 Å². The summed E-state index contributed by atoms with van der Waals surface area (Å²) in [4.78, 5) is 23.3. The van der Waals surface area contributed by atoms with Crippen molar-refractivity contribution in [1.29, 1.82) is 0 Å². The van der Waals surface area contributed by atoms with Crippen LogP contribution in [0.1, 0.15) is 64.0 Å². The van der Waals surface area contributed by atoms with Gasteiger partial charge in [0.25, 0.3) is 11.7 Å². The van der Waals surface area contributed by atoms with Crippen molar-refractivity contribution in [3.8, 4) is 0 Å². The minimum absolute atomic E-state index is 0.0457. The fourth-order valence-corrected chi connectivity index (χ4v) is 3.99. The number of amides is 1. The molecule has 0 bridgehead atoms. The summed E-state index contributed by atoms with van der Waals surface area (Å²) in [5.41, 5.74) is 5.18.